The van der Waals surface area contributed by atoms with Gasteiger partial charge in [-0.25, -0.2) is 0 Å². The van der Waals surface area contributed by atoms with Crippen LogP contribution in [0.4, 0.5) is 0 Å². The number of hydrogen-bond donors (Lipinski definition) is 0. The van der Waals surface area contributed by atoms with Gasteiger partial charge in [0, 0.05) is 5.25 Å². The Morgan fingerprint density at radius 1 is 1.88 bits per heavy atom. The molecule has 0 saturated heterocycles. The lowest BCUT2D eigenvalue weighted by Crippen LogP contribution is -1.92. The van der Waals surface area contributed by atoms with Crippen molar-refractivity contribution in [3.8, 4) is 0 Å². The average Bonchev–Trinajstić information content (AvgIpc) is 2.14. The fourth-order valence-electron chi connectivity index (χ4n) is 0.908. The molecule has 1 rings (SSSR count). The highest BCUT2D eigenvalue weighted by atomic mass is 32.2. The minimum Gasteiger partial charge on any atom is -0.130 e. The third-order valence-corrected chi connectivity index (χ3v) is 2.89. The lowest BCUT2D eigenvalue weighted by atomic mass is 10.1. The number of hydrogen-bond acceptors (Lipinski definition) is 1. The van der Waals surface area contributed by atoms with Crippen LogP contribution in [0.1, 0.15) is 26.7 Å². The first kappa shape index (κ1) is 6.21. The van der Waals surface area contributed by atoms with E-state index in [-0.39, 0.29) is 0 Å². The monoisotopic (exact) mass is 128 g/mol. The van der Waals surface area contributed by atoms with Crippen molar-refractivity contribution in [1.29, 1.82) is 0 Å². The molecule has 0 aliphatic carbocycles. The third kappa shape index (κ3) is 1.28. The zero-order valence-corrected chi connectivity index (χ0v) is 6.29. The predicted molar refractivity (Wildman–Crippen MR) is 40.0 cm³/mol. The molecule has 0 radical (unpaired) electrons. The minimum atomic E-state index is 0.898. The zero-order valence-electron chi connectivity index (χ0n) is 5.48. The topological polar surface area (TPSA) is 0 Å². The van der Waals surface area contributed by atoms with Gasteiger partial charge in [-0.05, 0) is 25.2 Å². The summed E-state index contributed by atoms with van der Waals surface area (Å²) in [7, 11) is 0. The third-order valence-electron chi connectivity index (χ3n) is 1.47. The second-order valence-corrected chi connectivity index (χ2v) is 3.51. The highest BCUT2D eigenvalue weighted by Gasteiger charge is 2.11. The Morgan fingerprint density at radius 3 is 2.88 bits per heavy atom. The largest absolute Gasteiger partial charge is 0.130 e. The second-order valence-electron chi connectivity index (χ2n) is 2.33. The summed E-state index contributed by atoms with van der Waals surface area (Å²) in [5.41, 5.74) is 1.56. The van der Waals surface area contributed by atoms with Crippen LogP contribution in [0.5, 0.6) is 0 Å². The summed E-state index contributed by atoms with van der Waals surface area (Å²) in [6.45, 7) is 4.47. The molecule has 1 aliphatic heterocycles. The molecule has 0 saturated carbocycles. The molecule has 0 aromatic rings. The maximum atomic E-state index is 2.29. The second kappa shape index (κ2) is 2.58. The Morgan fingerprint density at radius 2 is 2.62 bits per heavy atom. The molecular formula is C7H12S. The van der Waals surface area contributed by atoms with Crippen LogP contribution in [0.15, 0.2) is 11.0 Å². The normalized spacial score (nSPS) is 28.2. The molecule has 1 unspecified atom stereocenters. The molecule has 0 amide bonds. The van der Waals surface area contributed by atoms with Gasteiger partial charge >= 0.3 is 0 Å². The van der Waals surface area contributed by atoms with Gasteiger partial charge in [0.1, 0.15) is 0 Å². The molecule has 0 bridgehead atoms. The molecule has 0 aromatic heterocycles. The van der Waals surface area contributed by atoms with Gasteiger partial charge in [0.05, 0.1) is 0 Å². The van der Waals surface area contributed by atoms with E-state index in [2.05, 4.69) is 19.3 Å². The van der Waals surface area contributed by atoms with Crippen molar-refractivity contribution in [2.45, 2.75) is 31.9 Å². The van der Waals surface area contributed by atoms with Gasteiger partial charge in [-0.15, -0.1) is 11.8 Å². The smallest absolute Gasteiger partial charge is 0.0123 e. The van der Waals surface area contributed by atoms with Crippen molar-refractivity contribution in [2.75, 3.05) is 0 Å². The van der Waals surface area contributed by atoms with E-state index >= 15 is 0 Å². The van der Waals surface area contributed by atoms with E-state index in [9.17, 15) is 0 Å². The summed E-state index contributed by atoms with van der Waals surface area (Å²) in [5.74, 6) is 0. The molecular weight excluding hydrogens is 116 g/mol. The van der Waals surface area contributed by atoms with Gasteiger partial charge in [-0.1, -0.05) is 12.5 Å². The Kier molecular flexibility index (Phi) is 2.01. The van der Waals surface area contributed by atoms with Crippen molar-refractivity contribution in [3.63, 3.8) is 0 Å². The molecule has 0 nitrogen and oxygen atoms in total. The molecule has 0 spiro atoms. The van der Waals surface area contributed by atoms with E-state index in [1.54, 1.807) is 5.57 Å². The van der Waals surface area contributed by atoms with Gasteiger partial charge < -0.3 is 0 Å². The predicted octanol–water partition coefficient (Wildman–Crippen LogP) is 2.81. The first-order valence-corrected chi connectivity index (χ1v) is 4.08. The lowest BCUT2D eigenvalue weighted by molar-refractivity contribution is 0.824. The van der Waals surface area contributed by atoms with Crippen LogP contribution in [0.2, 0.25) is 0 Å². The highest BCUT2D eigenvalue weighted by Crippen LogP contribution is 2.31. The zero-order chi connectivity index (χ0) is 5.98. The van der Waals surface area contributed by atoms with Crippen LogP contribution in [-0.2, 0) is 0 Å². The molecule has 1 heterocycles. The Hall–Kier alpha value is 0.0900. The van der Waals surface area contributed by atoms with Gasteiger partial charge in [-0.3, -0.25) is 0 Å². The van der Waals surface area contributed by atoms with E-state index in [0.29, 0.717) is 0 Å². The van der Waals surface area contributed by atoms with Crippen molar-refractivity contribution < 1.29 is 0 Å². The molecule has 1 atom stereocenters. The summed E-state index contributed by atoms with van der Waals surface area (Å²) in [6, 6.07) is 0. The summed E-state index contributed by atoms with van der Waals surface area (Å²) >= 11 is 1.99. The van der Waals surface area contributed by atoms with E-state index in [0.717, 1.165) is 5.25 Å². The standard InChI is InChI=1S/C7H12S/c1-3-7-4-6(2)5-8-7/h5,7H,3-4H2,1-2H3. The van der Waals surface area contributed by atoms with E-state index in [1.165, 1.54) is 12.8 Å². The van der Waals surface area contributed by atoms with Crippen molar-refractivity contribution in [3.05, 3.63) is 11.0 Å². The summed E-state index contributed by atoms with van der Waals surface area (Å²) < 4.78 is 0. The Bertz CT molecular complexity index is 105. The minimum absolute atomic E-state index is 0.898. The first-order valence-electron chi connectivity index (χ1n) is 3.14. The van der Waals surface area contributed by atoms with Crippen LogP contribution >= 0.6 is 11.8 Å². The fraction of sp³-hybridized carbons (Fsp3) is 0.714. The molecule has 1 aliphatic rings. The van der Waals surface area contributed by atoms with E-state index < -0.39 is 0 Å². The maximum Gasteiger partial charge on any atom is 0.0123 e. The Balaban J connectivity index is 2.32. The Labute approximate surface area is 55.4 Å². The van der Waals surface area contributed by atoms with Crippen molar-refractivity contribution in [1.82, 2.24) is 0 Å². The summed E-state index contributed by atoms with van der Waals surface area (Å²) in [5, 5.41) is 3.18. The average molecular weight is 128 g/mol. The van der Waals surface area contributed by atoms with Crippen LogP contribution in [0.3, 0.4) is 0 Å². The molecule has 46 valence electrons. The van der Waals surface area contributed by atoms with Gasteiger partial charge in [0.15, 0.2) is 0 Å². The SMILES string of the molecule is CCC1CC(C)=CS1. The molecule has 0 fully saturated rings. The number of thioether (sulfide) groups is 1. The molecule has 0 N–H and O–H groups in total. The highest BCUT2D eigenvalue weighted by molar-refractivity contribution is 8.03. The van der Waals surface area contributed by atoms with Crippen molar-refractivity contribution >= 4 is 11.8 Å². The van der Waals surface area contributed by atoms with Crippen LogP contribution in [0.25, 0.3) is 0 Å². The summed E-state index contributed by atoms with van der Waals surface area (Å²) in [4.78, 5) is 0. The van der Waals surface area contributed by atoms with Gasteiger partial charge in [0.2, 0.25) is 0 Å². The van der Waals surface area contributed by atoms with Gasteiger partial charge in [0.25, 0.3) is 0 Å². The lowest BCUT2D eigenvalue weighted by Gasteiger charge is -2.01. The fourth-order valence-corrected chi connectivity index (χ4v) is 1.98. The molecule has 8 heavy (non-hydrogen) atoms. The van der Waals surface area contributed by atoms with E-state index in [1.807, 2.05) is 11.8 Å². The quantitative estimate of drug-likeness (QED) is 0.523. The summed E-state index contributed by atoms with van der Waals surface area (Å²) in [6.07, 6.45) is 2.64. The van der Waals surface area contributed by atoms with Crippen LogP contribution in [0, 0.1) is 0 Å². The number of allylic oxidation sites excluding steroid dienone is 1. The van der Waals surface area contributed by atoms with Crippen molar-refractivity contribution in [2.24, 2.45) is 0 Å². The first-order chi connectivity index (χ1) is 3.83. The maximum absolute atomic E-state index is 2.29. The molecule has 0 aromatic carbocycles. The van der Waals surface area contributed by atoms with Crippen LogP contribution < -0.4 is 0 Å². The van der Waals surface area contributed by atoms with Crippen LogP contribution in [-0.4, -0.2) is 5.25 Å². The van der Waals surface area contributed by atoms with Gasteiger partial charge in [-0.2, -0.15) is 0 Å². The molecule has 1 heteroatoms. The number of rotatable bonds is 1. The van der Waals surface area contributed by atoms with E-state index in [4.69, 9.17) is 0 Å².